The number of nitrogens with two attached hydrogens (primary N) is 1. The molecule has 0 spiro atoms. The van der Waals surface area contributed by atoms with E-state index in [0.29, 0.717) is 11.8 Å². The minimum Gasteiger partial charge on any atom is -0.361 e. The molecule has 2 N–H and O–H groups in total. The second-order valence-electron chi connectivity index (χ2n) is 5.96. The fourth-order valence-corrected chi connectivity index (χ4v) is 3.93. The first kappa shape index (κ1) is 13.4. The maximum atomic E-state index is 6.74. The van der Waals surface area contributed by atoms with Gasteiger partial charge in [-0.2, -0.15) is 0 Å². The predicted molar refractivity (Wildman–Crippen MR) is 71.7 cm³/mol. The van der Waals surface area contributed by atoms with Gasteiger partial charge in [0.1, 0.15) is 5.72 Å². The lowest BCUT2D eigenvalue weighted by Crippen LogP contribution is -2.56. The molecule has 0 aliphatic heterocycles. The molecule has 0 radical (unpaired) electrons. The minimum absolute atomic E-state index is 0.310. The van der Waals surface area contributed by atoms with Crippen molar-refractivity contribution in [3.05, 3.63) is 0 Å². The van der Waals surface area contributed by atoms with Gasteiger partial charge in [-0.15, -0.1) is 0 Å². The molecular formula is C15H29NO. The molecular weight excluding hydrogens is 210 g/mol. The number of rotatable bonds is 4. The van der Waals surface area contributed by atoms with E-state index in [2.05, 4.69) is 6.92 Å². The predicted octanol–water partition coefficient (Wildman–Crippen LogP) is 3.84. The zero-order valence-electron chi connectivity index (χ0n) is 11.4. The van der Waals surface area contributed by atoms with Crippen LogP contribution >= 0.6 is 0 Å². The van der Waals surface area contributed by atoms with Gasteiger partial charge in [0.2, 0.25) is 0 Å². The molecule has 2 aliphatic rings. The summed E-state index contributed by atoms with van der Waals surface area (Å²) in [5.74, 6) is 1.22. The first-order chi connectivity index (χ1) is 8.27. The minimum atomic E-state index is -0.310. The second kappa shape index (κ2) is 6.19. The third-order valence-corrected chi connectivity index (χ3v) is 4.88. The summed E-state index contributed by atoms with van der Waals surface area (Å²) in [6, 6.07) is 0. The monoisotopic (exact) mass is 239 g/mol. The van der Waals surface area contributed by atoms with Gasteiger partial charge < -0.3 is 10.5 Å². The fraction of sp³-hybridized carbons (Fsp3) is 1.00. The third-order valence-electron chi connectivity index (χ3n) is 4.88. The molecule has 0 amide bonds. The topological polar surface area (TPSA) is 35.2 Å². The average Bonchev–Trinajstić information content (AvgIpc) is 2.41. The number of ether oxygens (including phenoxy) is 1. The van der Waals surface area contributed by atoms with Crippen molar-refractivity contribution in [2.45, 2.75) is 76.9 Å². The van der Waals surface area contributed by atoms with E-state index in [0.717, 1.165) is 6.61 Å². The summed E-state index contributed by atoms with van der Waals surface area (Å²) in [6.07, 6.45) is 13.3. The van der Waals surface area contributed by atoms with E-state index >= 15 is 0 Å². The molecule has 17 heavy (non-hydrogen) atoms. The van der Waals surface area contributed by atoms with E-state index in [9.17, 15) is 0 Å². The van der Waals surface area contributed by atoms with Gasteiger partial charge in [0.05, 0.1) is 0 Å². The van der Waals surface area contributed by atoms with Gasteiger partial charge in [-0.3, -0.25) is 0 Å². The normalized spacial score (nSPS) is 25.1. The van der Waals surface area contributed by atoms with Crippen molar-refractivity contribution in [1.82, 2.24) is 0 Å². The van der Waals surface area contributed by atoms with Crippen LogP contribution in [0.15, 0.2) is 0 Å². The molecule has 2 heteroatoms. The molecule has 0 aromatic heterocycles. The summed E-state index contributed by atoms with van der Waals surface area (Å²) < 4.78 is 6.09. The van der Waals surface area contributed by atoms with Crippen molar-refractivity contribution in [1.29, 1.82) is 0 Å². The maximum Gasteiger partial charge on any atom is 0.122 e. The zero-order chi connectivity index (χ0) is 12.1. The molecule has 0 unspecified atom stereocenters. The molecule has 2 fully saturated rings. The Balaban J connectivity index is 2.05. The van der Waals surface area contributed by atoms with Crippen LogP contribution in [0, 0.1) is 11.8 Å². The Morgan fingerprint density at radius 2 is 1.29 bits per heavy atom. The molecule has 0 bridgehead atoms. The Morgan fingerprint density at radius 1 is 0.882 bits per heavy atom. The number of hydrogen-bond donors (Lipinski definition) is 1. The highest BCUT2D eigenvalue weighted by Crippen LogP contribution is 2.41. The van der Waals surface area contributed by atoms with Crippen molar-refractivity contribution in [3.63, 3.8) is 0 Å². The van der Waals surface area contributed by atoms with Gasteiger partial charge in [-0.25, -0.2) is 0 Å². The lowest BCUT2D eigenvalue weighted by Gasteiger charge is -2.46. The van der Waals surface area contributed by atoms with Crippen LogP contribution in [0.3, 0.4) is 0 Å². The fourth-order valence-electron chi connectivity index (χ4n) is 3.93. The van der Waals surface area contributed by atoms with Crippen LogP contribution in [0.25, 0.3) is 0 Å². The summed E-state index contributed by atoms with van der Waals surface area (Å²) in [4.78, 5) is 0. The molecule has 0 atom stereocenters. The quantitative estimate of drug-likeness (QED) is 0.757. The Morgan fingerprint density at radius 3 is 1.65 bits per heavy atom. The first-order valence-electron chi connectivity index (χ1n) is 7.70. The average molecular weight is 239 g/mol. The summed E-state index contributed by atoms with van der Waals surface area (Å²) in [5.41, 5.74) is 6.43. The lowest BCUT2D eigenvalue weighted by molar-refractivity contribution is -0.135. The Bertz CT molecular complexity index is 199. The van der Waals surface area contributed by atoms with Crippen LogP contribution in [0.1, 0.15) is 71.1 Å². The zero-order valence-corrected chi connectivity index (χ0v) is 11.4. The molecule has 100 valence electrons. The van der Waals surface area contributed by atoms with Crippen LogP contribution in [-0.2, 0) is 4.74 Å². The molecule has 0 saturated heterocycles. The summed E-state index contributed by atoms with van der Waals surface area (Å²) >= 11 is 0. The third kappa shape index (κ3) is 3.03. The van der Waals surface area contributed by atoms with Gasteiger partial charge in [-0.1, -0.05) is 38.5 Å². The largest absolute Gasteiger partial charge is 0.361 e. The van der Waals surface area contributed by atoms with Crippen LogP contribution in [0.5, 0.6) is 0 Å². The Kier molecular flexibility index (Phi) is 4.87. The van der Waals surface area contributed by atoms with Gasteiger partial charge in [0.15, 0.2) is 0 Å². The van der Waals surface area contributed by atoms with E-state index < -0.39 is 0 Å². The van der Waals surface area contributed by atoms with Crippen LogP contribution in [0.2, 0.25) is 0 Å². The highest BCUT2D eigenvalue weighted by molar-refractivity contribution is 4.92. The standard InChI is InChI=1S/C15H29NO/c1-2-17-15(16,13-9-5-3-6-10-13)14-11-7-4-8-12-14/h13-14H,2-12,16H2,1H3. The van der Waals surface area contributed by atoms with Crippen molar-refractivity contribution in [3.8, 4) is 0 Å². The van der Waals surface area contributed by atoms with Gasteiger partial charge in [0.25, 0.3) is 0 Å². The molecule has 0 aromatic carbocycles. The summed E-state index contributed by atoms with van der Waals surface area (Å²) in [7, 11) is 0. The van der Waals surface area contributed by atoms with E-state index in [1.807, 2.05) is 0 Å². The number of hydrogen-bond acceptors (Lipinski definition) is 2. The lowest BCUT2D eigenvalue weighted by atomic mass is 9.71. The SMILES string of the molecule is CCOC(N)(C1CCCCC1)C1CCCCC1. The van der Waals surface area contributed by atoms with E-state index in [4.69, 9.17) is 10.5 Å². The van der Waals surface area contributed by atoms with Crippen molar-refractivity contribution < 1.29 is 4.74 Å². The van der Waals surface area contributed by atoms with Crippen LogP contribution < -0.4 is 5.73 Å². The second-order valence-corrected chi connectivity index (χ2v) is 5.96. The van der Waals surface area contributed by atoms with Gasteiger partial charge in [0, 0.05) is 18.4 Å². The molecule has 2 saturated carbocycles. The molecule has 0 heterocycles. The highest BCUT2D eigenvalue weighted by Gasteiger charge is 2.43. The van der Waals surface area contributed by atoms with Crippen molar-refractivity contribution in [2.24, 2.45) is 17.6 Å². The Hall–Kier alpha value is -0.0800. The molecule has 2 nitrogen and oxygen atoms in total. The van der Waals surface area contributed by atoms with Crippen LogP contribution in [0.4, 0.5) is 0 Å². The smallest absolute Gasteiger partial charge is 0.122 e. The van der Waals surface area contributed by atoms with Crippen LogP contribution in [-0.4, -0.2) is 12.3 Å². The van der Waals surface area contributed by atoms with E-state index in [-0.39, 0.29) is 5.72 Å². The van der Waals surface area contributed by atoms with Crippen molar-refractivity contribution in [2.75, 3.05) is 6.61 Å². The Labute approximate surface area is 106 Å². The first-order valence-corrected chi connectivity index (χ1v) is 7.70. The van der Waals surface area contributed by atoms with E-state index in [1.165, 1.54) is 64.2 Å². The highest BCUT2D eigenvalue weighted by atomic mass is 16.5. The molecule has 2 aliphatic carbocycles. The van der Waals surface area contributed by atoms with Gasteiger partial charge in [-0.05, 0) is 32.6 Å². The molecule has 0 aromatic rings. The van der Waals surface area contributed by atoms with E-state index in [1.54, 1.807) is 0 Å². The summed E-state index contributed by atoms with van der Waals surface area (Å²) in [5, 5.41) is 0. The van der Waals surface area contributed by atoms with Gasteiger partial charge >= 0.3 is 0 Å². The summed E-state index contributed by atoms with van der Waals surface area (Å²) in [6.45, 7) is 2.86. The maximum absolute atomic E-state index is 6.74. The van der Waals surface area contributed by atoms with Crippen molar-refractivity contribution >= 4 is 0 Å². The molecule has 2 rings (SSSR count).